The zero-order valence-corrected chi connectivity index (χ0v) is 11.7. The van der Waals surface area contributed by atoms with Crippen LogP contribution in [0.3, 0.4) is 0 Å². The highest BCUT2D eigenvalue weighted by molar-refractivity contribution is 5.64. The molecule has 0 radical (unpaired) electrons. The lowest BCUT2D eigenvalue weighted by molar-refractivity contribution is 0.304. The van der Waals surface area contributed by atoms with Crippen LogP contribution < -0.4 is 10.3 Å². The van der Waals surface area contributed by atoms with Crippen molar-refractivity contribution < 1.29 is 5.11 Å². The second-order valence-electron chi connectivity index (χ2n) is 4.95. The number of nitrogens with one attached hydrogen (secondary N) is 1. The Morgan fingerprint density at radius 2 is 1.95 bits per heavy atom. The van der Waals surface area contributed by atoms with Gasteiger partial charge in [-0.05, 0) is 49.9 Å². The van der Waals surface area contributed by atoms with Gasteiger partial charge in [-0.15, -0.1) is 0 Å². The molecule has 2 rings (SSSR count). The van der Waals surface area contributed by atoms with Gasteiger partial charge in [-0.25, -0.2) is 0 Å². The first-order chi connectivity index (χ1) is 9.22. The lowest BCUT2D eigenvalue weighted by Gasteiger charge is -2.21. The SMILES string of the molecule is Cc1cc(N2CCCC2)c(C)cc1NN=NCCO. The fourth-order valence-corrected chi connectivity index (χ4v) is 2.40. The number of aliphatic hydroxyl groups excluding tert-OH is 1. The van der Waals surface area contributed by atoms with Crippen LogP contribution in [-0.2, 0) is 0 Å². The van der Waals surface area contributed by atoms with Gasteiger partial charge in [0, 0.05) is 18.8 Å². The number of benzene rings is 1. The maximum Gasteiger partial charge on any atom is 0.0851 e. The Labute approximate surface area is 114 Å². The van der Waals surface area contributed by atoms with Crippen molar-refractivity contribution in [1.82, 2.24) is 0 Å². The Hall–Kier alpha value is -1.62. The van der Waals surface area contributed by atoms with Crippen LogP contribution in [0.5, 0.6) is 0 Å². The summed E-state index contributed by atoms with van der Waals surface area (Å²) in [5, 5.41) is 16.3. The van der Waals surface area contributed by atoms with E-state index in [2.05, 4.69) is 46.6 Å². The van der Waals surface area contributed by atoms with Gasteiger partial charge in [0.15, 0.2) is 0 Å². The van der Waals surface area contributed by atoms with Crippen LogP contribution in [0.1, 0.15) is 24.0 Å². The van der Waals surface area contributed by atoms with Crippen molar-refractivity contribution in [2.45, 2.75) is 26.7 Å². The third kappa shape index (κ3) is 3.44. The second-order valence-corrected chi connectivity index (χ2v) is 4.95. The van der Waals surface area contributed by atoms with Crippen LogP contribution in [0.25, 0.3) is 0 Å². The molecular weight excluding hydrogens is 240 g/mol. The molecule has 104 valence electrons. The Balaban J connectivity index is 2.12. The average Bonchev–Trinajstić information content (AvgIpc) is 2.92. The summed E-state index contributed by atoms with van der Waals surface area (Å²) in [6.45, 7) is 6.87. The van der Waals surface area contributed by atoms with Crippen LogP contribution in [0.15, 0.2) is 22.5 Å². The van der Waals surface area contributed by atoms with E-state index in [0.29, 0.717) is 6.54 Å². The Kier molecular flexibility index (Phi) is 4.74. The van der Waals surface area contributed by atoms with Gasteiger partial charge < -0.3 is 10.0 Å². The van der Waals surface area contributed by atoms with Gasteiger partial charge in [-0.1, -0.05) is 5.22 Å². The summed E-state index contributed by atoms with van der Waals surface area (Å²) in [7, 11) is 0. The number of aryl methyl sites for hydroxylation is 2. The van der Waals surface area contributed by atoms with Crippen LogP contribution in [0, 0.1) is 13.8 Å². The molecule has 1 aromatic rings. The molecule has 1 fully saturated rings. The number of rotatable bonds is 5. The lowest BCUT2D eigenvalue weighted by atomic mass is 10.1. The van der Waals surface area contributed by atoms with Crippen molar-refractivity contribution in [1.29, 1.82) is 0 Å². The van der Waals surface area contributed by atoms with E-state index in [1.165, 1.54) is 24.1 Å². The molecule has 0 aliphatic carbocycles. The molecule has 0 amide bonds. The third-order valence-corrected chi connectivity index (χ3v) is 3.43. The Bertz CT molecular complexity index is 453. The van der Waals surface area contributed by atoms with E-state index in [4.69, 9.17) is 5.11 Å². The minimum atomic E-state index is 0.0249. The molecule has 1 aliphatic rings. The molecule has 0 atom stereocenters. The predicted octanol–water partition coefficient (Wildman–Crippen LogP) is 2.68. The van der Waals surface area contributed by atoms with Crippen LogP contribution in [0.4, 0.5) is 11.4 Å². The van der Waals surface area contributed by atoms with E-state index in [9.17, 15) is 0 Å². The minimum absolute atomic E-state index is 0.0249. The maximum atomic E-state index is 8.63. The first-order valence-corrected chi connectivity index (χ1v) is 6.82. The highest BCUT2D eigenvalue weighted by Crippen LogP contribution is 2.29. The van der Waals surface area contributed by atoms with E-state index < -0.39 is 0 Å². The van der Waals surface area contributed by atoms with E-state index in [0.717, 1.165) is 24.3 Å². The van der Waals surface area contributed by atoms with Crippen molar-refractivity contribution in [3.8, 4) is 0 Å². The Morgan fingerprint density at radius 1 is 1.21 bits per heavy atom. The summed E-state index contributed by atoms with van der Waals surface area (Å²) in [6, 6.07) is 4.32. The molecule has 1 heterocycles. The molecule has 2 N–H and O–H groups in total. The van der Waals surface area contributed by atoms with E-state index in [1.54, 1.807) is 0 Å². The first-order valence-electron chi connectivity index (χ1n) is 6.82. The number of aliphatic hydroxyl groups is 1. The van der Waals surface area contributed by atoms with Crippen LogP contribution in [-0.4, -0.2) is 31.3 Å². The lowest BCUT2D eigenvalue weighted by Crippen LogP contribution is -2.18. The molecule has 1 saturated heterocycles. The summed E-state index contributed by atoms with van der Waals surface area (Å²) in [5.41, 5.74) is 7.66. The summed E-state index contributed by atoms with van der Waals surface area (Å²) in [5.74, 6) is 0. The third-order valence-electron chi connectivity index (χ3n) is 3.43. The van der Waals surface area contributed by atoms with Crippen LogP contribution >= 0.6 is 0 Å². The summed E-state index contributed by atoms with van der Waals surface area (Å²) >= 11 is 0. The average molecular weight is 262 g/mol. The summed E-state index contributed by atoms with van der Waals surface area (Å²) < 4.78 is 0. The molecule has 0 aromatic heterocycles. The van der Waals surface area contributed by atoms with Crippen molar-refractivity contribution in [2.75, 3.05) is 36.6 Å². The zero-order valence-electron chi connectivity index (χ0n) is 11.7. The maximum absolute atomic E-state index is 8.63. The van der Waals surface area contributed by atoms with Gasteiger partial charge >= 0.3 is 0 Å². The molecule has 19 heavy (non-hydrogen) atoms. The van der Waals surface area contributed by atoms with Crippen molar-refractivity contribution in [3.05, 3.63) is 23.3 Å². The molecule has 5 heteroatoms. The molecule has 1 aliphatic heterocycles. The number of hydrogen-bond donors (Lipinski definition) is 2. The largest absolute Gasteiger partial charge is 0.394 e. The molecular formula is C14H22N4O. The molecule has 0 unspecified atom stereocenters. The quantitative estimate of drug-likeness (QED) is 0.633. The van der Waals surface area contributed by atoms with Gasteiger partial charge in [-0.3, -0.25) is 5.43 Å². The van der Waals surface area contributed by atoms with Crippen LogP contribution in [0.2, 0.25) is 0 Å². The number of anilines is 2. The van der Waals surface area contributed by atoms with Gasteiger partial charge in [0.2, 0.25) is 0 Å². The smallest absolute Gasteiger partial charge is 0.0851 e. The normalized spacial score (nSPS) is 15.4. The van der Waals surface area contributed by atoms with Crippen molar-refractivity contribution in [3.63, 3.8) is 0 Å². The molecule has 0 bridgehead atoms. The molecule has 0 spiro atoms. The number of hydrogen-bond acceptors (Lipinski definition) is 4. The highest BCUT2D eigenvalue weighted by atomic mass is 16.3. The summed E-state index contributed by atoms with van der Waals surface area (Å²) in [6.07, 6.45) is 2.57. The zero-order chi connectivity index (χ0) is 13.7. The van der Waals surface area contributed by atoms with Gasteiger partial charge in [0.05, 0.1) is 18.8 Å². The monoisotopic (exact) mass is 262 g/mol. The van der Waals surface area contributed by atoms with E-state index in [-0.39, 0.29) is 6.61 Å². The topological polar surface area (TPSA) is 60.2 Å². The second kappa shape index (κ2) is 6.52. The van der Waals surface area contributed by atoms with Gasteiger partial charge in [0.25, 0.3) is 0 Å². The highest BCUT2D eigenvalue weighted by Gasteiger charge is 2.15. The molecule has 1 aromatic carbocycles. The number of nitrogens with zero attached hydrogens (tertiary/aromatic N) is 3. The fraction of sp³-hybridized carbons (Fsp3) is 0.571. The van der Waals surface area contributed by atoms with Crippen molar-refractivity contribution in [2.24, 2.45) is 10.3 Å². The van der Waals surface area contributed by atoms with E-state index >= 15 is 0 Å². The van der Waals surface area contributed by atoms with E-state index in [1.807, 2.05) is 0 Å². The van der Waals surface area contributed by atoms with Gasteiger partial charge in [-0.2, -0.15) is 5.11 Å². The fourth-order valence-electron chi connectivity index (χ4n) is 2.40. The van der Waals surface area contributed by atoms with Gasteiger partial charge in [0.1, 0.15) is 0 Å². The first kappa shape index (κ1) is 13.8. The predicted molar refractivity (Wildman–Crippen MR) is 77.8 cm³/mol. The molecule has 0 saturated carbocycles. The van der Waals surface area contributed by atoms with Crippen molar-refractivity contribution >= 4 is 11.4 Å². The minimum Gasteiger partial charge on any atom is -0.394 e. The molecule has 5 nitrogen and oxygen atoms in total. The standard InChI is InChI=1S/C14H22N4O/c1-11-10-14(18-6-3-4-7-18)12(2)9-13(11)16-17-15-5-8-19/h9-10,19H,3-8H2,1-2H3,(H,15,16). The summed E-state index contributed by atoms with van der Waals surface area (Å²) in [4.78, 5) is 2.44. The Morgan fingerprint density at radius 3 is 2.63 bits per heavy atom.